The van der Waals surface area contributed by atoms with Gasteiger partial charge in [0.15, 0.2) is 0 Å². The topological polar surface area (TPSA) is 95.7 Å². The van der Waals surface area contributed by atoms with Crippen LogP contribution in [-0.4, -0.2) is 46.3 Å². The highest BCUT2D eigenvalue weighted by Crippen LogP contribution is 2.25. The van der Waals surface area contributed by atoms with E-state index in [9.17, 15) is 13.2 Å². The van der Waals surface area contributed by atoms with Gasteiger partial charge < -0.3 is 15.5 Å². The van der Waals surface area contributed by atoms with Gasteiger partial charge in [-0.05, 0) is 36.4 Å². The predicted molar refractivity (Wildman–Crippen MR) is 104 cm³/mol. The van der Waals surface area contributed by atoms with Gasteiger partial charge in [0.05, 0.1) is 6.26 Å². The Bertz CT molecular complexity index is 869. The molecule has 3 N–H and O–H groups in total. The smallest absolute Gasteiger partial charge is 0.241 e. The summed E-state index contributed by atoms with van der Waals surface area (Å²) in [4.78, 5) is 16.1. The van der Waals surface area contributed by atoms with E-state index in [2.05, 4.69) is 9.62 Å². The van der Waals surface area contributed by atoms with E-state index in [1.54, 1.807) is 24.3 Å². The number of nitrogens with zero attached hydrogens (tertiary/aromatic N) is 2. The molecule has 0 bridgehead atoms. The van der Waals surface area contributed by atoms with Crippen LogP contribution in [0.2, 0.25) is 0 Å². The maximum atomic E-state index is 12.0. The van der Waals surface area contributed by atoms with Crippen LogP contribution < -0.4 is 20.3 Å². The van der Waals surface area contributed by atoms with Crippen LogP contribution in [0, 0.1) is 0 Å². The predicted octanol–water partition coefficient (Wildman–Crippen LogP) is 1.24. The first kappa shape index (κ1) is 18.1. The Labute approximate surface area is 153 Å². The lowest BCUT2D eigenvalue weighted by Gasteiger charge is -2.42. The highest BCUT2D eigenvalue weighted by molar-refractivity contribution is 7.92. The zero-order valence-corrected chi connectivity index (χ0v) is 15.3. The van der Waals surface area contributed by atoms with Crippen molar-refractivity contribution in [1.82, 2.24) is 0 Å². The molecule has 3 rings (SSSR count). The Kier molecular flexibility index (Phi) is 5.03. The van der Waals surface area contributed by atoms with Crippen molar-refractivity contribution in [2.24, 2.45) is 5.73 Å². The number of para-hydroxylation sites is 1. The van der Waals surface area contributed by atoms with Crippen molar-refractivity contribution in [1.29, 1.82) is 0 Å². The minimum Gasteiger partial charge on any atom is -0.368 e. The van der Waals surface area contributed by atoms with Crippen molar-refractivity contribution in [2.45, 2.75) is 6.04 Å². The van der Waals surface area contributed by atoms with E-state index in [0.29, 0.717) is 18.8 Å². The van der Waals surface area contributed by atoms with E-state index in [-0.39, 0.29) is 5.91 Å². The Morgan fingerprint density at radius 1 is 1.04 bits per heavy atom. The van der Waals surface area contributed by atoms with E-state index in [4.69, 9.17) is 5.73 Å². The summed E-state index contributed by atoms with van der Waals surface area (Å²) in [5.41, 5.74) is 8.03. The minimum atomic E-state index is -3.32. The van der Waals surface area contributed by atoms with Gasteiger partial charge in [-0.25, -0.2) is 8.42 Å². The summed E-state index contributed by atoms with van der Waals surface area (Å²) in [7, 11) is -3.32. The first-order valence-electron chi connectivity index (χ1n) is 8.27. The van der Waals surface area contributed by atoms with Gasteiger partial charge in [-0.15, -0.1) is 0 Å². The number of carbonyl (C=O) groups is 1. The monoisotopic (exact) mass is 374 g/mol. The lowest BCUT2D eigenvalue weighted by molar-refractivity contribution is -0.119. The summed E-state index contributed by atoms with van der Waals surface area (Å²) in [6, 6.07) is 16.4. The molecule has 1 heterocycles. The van der Waals surface area contributed by atoms with E-state index >= 15 is 0 Å². The summed E-state index contributed by atoms with van der Waals surface area (Å²) in [6.07, 6.45) is 1.10. The number of hydrogen-bond donors (Lipinski definition) is 2. The van der Waals surface area contributed by atoms with Crippen LogP contribution in [0.3, 0.4) is 0 Å². The Hall–Kier alpha value is -2.74. The van der Waals surface area contributed by atoms with E-state index < -0.39 is 16.1 Å². The number of amides is 1. The van der Waals surface area contributed by atoms with Crippen molar-refractivity contribution in [3.8, 4) is 0 Å². The number of nitrogens with two attached hydrogens (primary N) is 1. The summed E-state index contributed by atoms with van der Waals surface area (Å²) >= 11 is 0. The quantitative estimate of drug-likeness (QED) is 0.821. The SMILES string of the molecule is CS(=O)(=O)Nc1ccc(N2CCN(c3ccccc3)C[C@H]2C(N)=O)cc1. The standard InChI is InChI=1S/C18H22N4O3S/c1-26(24,25)20-14-7-9-16(10-8-14)22-12-11-21(13-17(22)18(19)23)15-5-3-2-4-6-15/h2-10,17,20H,11-13H2,1H3,(H2,19,23)/t17-/m0/s1. The van der Waals surface area contributed by atoms with Crippen LogP contribution in [-0.2, 0) is 14.8 Å². The van der Waals surface area contributed by atoms with Crippen molar-refractivity contribution >= 4 is 33.0 Å². The van der Waals surface area contributed by atoms with Crippen LogP contribution >= 0.6 is 0 Å². The summed E-state index contributed by atoms with van der Waals surface area (Å²) < 4.78 is 25.1. The number of anilines is 3. The number of piperazine rings is 1. The molecule has 138 valence electrons. The summed E-state index contributed by atoms with van der Waals surface area (Å²) in [5, 5.41) is 0. The molecule has 26 heavy (non-hydrogen) atoms. The van der Waals surface area contributed by atoms with Gasteiger partial charge in [0.1, 0.15) is 6.04 Å². The van der Waals surface area contributed by atoms with Crippen LogP contribution in [0.15, 0.2) is 54.6 Å². The zero-order chi connectivity index (χ0) is 18.7. The molecule has 1 aliphatic heterocycles. The number of benzene rings is 2. The van der Waals surface area contributed by atoms with Gasteiger partial charge in [0.2, 0.25) is 15.9 Å². The average molecular weight is 374 g/mol. The third-order valence-electron chi connectivity index (χ3n) is 4.33. The van der Waals surface area contributed by atoms with Gasteiger partial charge >= 0.3 is 0 Å². The first-order chi connectivity index (χ1) is 12.3. The molecule has 7 nitrogen and oxygen atoms in total. The van der Waals surface area contributed by atoms with Crippen LogP contribution in [0.1, 0.15) is 0 Å². The third-order valence-corrected chi connectivity index (χ3v) is 4.94. The zero-order valence-electron chi connectivity index (χ0n) is 14.5. The van der Waals surface area contributed by atoms with Crippen molar-refractivity contribution in [3.05, 3.63) is 54.6 Å². The Balaban J connectivity index is 1.78. The summed E-state index contributed by atoms with van der Waals surface area (Å²) in [6.45, 7) is 1.90. The molecule has 0 aromatic heterocycles. The molecular weight excluding hydrogens is 352 g/mol. The number of sulfonamides is 1. The second-order valence-electron chi connectivity index (χ2n) is 6.31. The third kappa shape index (κ3) is 4.26. The normalized spacial score (nSPS) is 17.8. The number of carbonyl (C=O) groups excluding carboxylic acids is 1. The molecule has 1 amide bonds. The van der Waals surface area contributed by atoms with Gasteiger partial charge in [-0.3, -0.25) is 9.52 Å². The fourth-order valence-electron chi connectivity index (χ4n) is 3.14. The van der Waals surface area contributed by atoms with Crippen molar-refractivity contribution in [3.63, 3.8) is 0 Å². The molecule has 0 unspecified atom stereocenters. The number of nitrogens with one attached hydrogen (secondary N) is 1. The molecule has 0 radical (unpaired) electrons. The van der Waals surface area contributed by atoms with Crippen LogP contribution in [0.4, 0.5) is 17.1 Å². The number of rotatable bonds is 5. The van der Waals surface area contributed by atoms with Crippen molar-refractivity contribution < 1.29 is 13.2 Å². The average Bonchev–Trinajstić information content (AvgIpc) is 2.61. The fourth-order valence-corrected chi connectivity index (χ4v) is 3.71. The molecule has 1 fully saturated rings. The molecule has 1 saturated heterocycles. The Morgan fingerprint density at radius 3 is 2.27 bits per heavy atom. The molecule has 0 saturated carbocycles. The fraction of sp³-hybridized carbons (Fsp3) is 0.278. The summed E-state index contributed by atoms with van der Waals surface area (Å²) in [5.74, 6) is -0.385. The van der Waals surface area contributed by atoms with Crippen LogP contribution in [0.25, 0.3) is 0 Å². The van der Waals surface area contributed by atoms with Gasteiger partial charge in [0.25, 0.3) is 0 Å². The number of hydrogen-bond acceptors (Lipinski definition) is 5. The molecule has 0 spiro atoms. The Morgan fingerprint density at radius 2 is 1.69 bits per heavy atom. The largest absolute Gasteiger partial charge is 0.368 e. The van der Waals surface area contributed by atoms with E-state index in [1.165, 1.54) is 0 Å². The first-order valence-corrected chi connectivity index (χ1v) is 10.2. The lowest BCUT2D eigenvalue weighted by atomic mass is 10.1. The molecule has 2 aromatic carbocycles. The second-order valence-corrected chi connectivity index (χ2v) is 8.06. The minimum absolute atomic E-state index is 0.385. The maximum absolute atomic E-state index is 12.0. The molecule has 1 atom stereocenters. The van der Waals surface area contributed by atoms with Crippen molar-refractivity contribution in [2.75, 3.05) is 40.4 Å². The highest BCUT2D eigenvalue weighted by atomic mass is 32.2. The van der Waals surface area contributed by atoms with E-state index in [1.807, 2.05) is 35.2 Å². The molecular formula is C18H22N4O3S. The molecule has 1 aliphatic rings. The highest BCUT2D eigenvalue weighted by Gasteiger charge is 2.31. The number of primary amides is 1. The van der Waals surface area contributed by atoms with Crippen LogP contribution in [0.5, 0.6) is 0 Å². The molecule has 0 aliphatic carbocycles. The second kappa shape index (κ2) is 7.25. The molecule has 8 heteroatoms. The van der Waals surface area contributed by atoms with Gasteiger partial charge in [-0.2, -0.15) is 0 Å². The maximum Gasteiger partial charge on any atom is 0.241 e. The van der Waals surface area contributed by atoms with Gasteiger partial charge in [-0.1, -0.05) is 18.2 Å². The van der Waals surface area contributed by atoms with Gasteiger partial charge in [0, 0.05) is 36.7 Å². The van der Waals surface area contributed by atoms with E-state index in [0.717, 1.165) is 24.2 Å². The lowest BCUT2D eigenvalue weighted by Crippen LogP contribution is -2.58. The molecule has 2 aromatic rings.